The molecule has 0 saturated carbocycles. The second-order valence-corrected chi connectivity index (χ2v) is 7.97. The fourth-order valence-electron chi connectivity index (χ4n) is 2.39. The molecule has 1 atom stereocenters. The van der Waals surface area contributed by atoms with Crippen LogP contribution in [0.1, 0.15) is 18.1 Å². The van der Waals surface area contributed by atoms with Crippen LogP contribution in [-0.2, 0) is 21.4 Å². The Morgan fingerprint density at radius 3 is 2.17 bits per heavy atom. The highest BCUT2D eigenvalue weighted by Gasteiger charge is 2.29. The molecule has 0 aliphatic carbocycles. The SMILES string of the molecule is Cc1ccc(S(=O)(=O)NC(=O)N(Cc2ccc([N+](=O)[O-])cc2)[C@@H](C)C(=O)O)cc1. The molecule has 0 saturated heterocycles. The Kier molecular flexibility index (Phi) is 6.54. The number of hydrogen-bond donors (Lipinski definition) is 2. The van der Waals surface area contributed by atoms with E-state index in [2.05, 4.69) is 0 Å². The summed E-state index contributed by atoms with van der Waals surface area (Å²) in [6, 6.07) is 8.44. The van der Waals surface area contributed by atoms with Gasteiger partial charge >= 0.3 is 12.0 Å². The van der Waals surface area contributed by atoms with Gasteiger partial charge in [-0.15, -0.1) is 0 Å². The number of nitrogens with one attached hydrogen (secondary N) is 1. The predicted molar refractivity (Wildman–Crippen MR) is 103 cm³/mol. The highest BCUT2D eigenvalue weighted by atomic mass is 32.2. The van der Waals surface area contributed by atoms with Crippen molar-refractivity contribution in [1.82, 2.24) is 9.62 Å². The first-order valence-electron chi connectivity index (χ1n) is 8.37. The number of hydrogen-bond acceptors (Lipinski definition) is 6. The maximum absolute atomic E-state index is 12.6. The third-order valence-electron chi connectivity index (χ3n) is 4.14. The number of urea groups is 1. The lowest BCUT2D eigenvalue weighted by Crippen LogP contribution is -2.49. The number of non-ortho nitro benzene ring substituents is 1. The van der Waals surface area contributed by atoms with Gasteiger partial charge in [0.15, 0.2) is 0 Å². The standard InChI is InChI=1S/C18H19N3O7S/c1-12-3-9-16(10-4-12)29(27,28)19-18(24)20(13(2)17(22)23)11-14-5-7-15(8-6-14)21(25)26/h3-10,13H,11H2,1-2H3,(H,19,24)(H,22,23)/t13-/m0/s1. The molecule has 11 heteroatoms. The number of rotatable bonds is 7. The van der Waals surface area contributed by atoms with Crippen molar-refractivity contribution in [2.45, 2.75) is 31.3 Å². The topological polar surface area (TPSA) is 147 Å². The van der Waals surface area contributed by atoms with Gasteiger partial charge in [-0.05, 0) is 31.5 Å². The molecule has 0 aliphatic heterocycles. The van der Waals surface area contributed by atoms with Gasteiger partial charge in [0.25, 0.3) is 15.7 Å². The molecular weight excluding hydrogens is 402 g/mol. The van der Waals surface area contributed by atoms with Crippen LogP contribution in [-0.4, -0.2) is 41.4 Å². The molecule has 2 aromatic rings. The molecule has 0 fully saturated rings. The Balaban J connectivity index is 2.26. The van der Waals surface area contributed by atoms with E-state index < -0.39 is 33.0 Å². The summed E-state index contributed by atoms with van der Waals surface area (Å²) in [7, 11) is -4.21. The van der Waals surface area contributed by atoms with Crippen LogP contribution in [0.3, 0.4) is 0 Å². The van der Waals surface area contributed by atoms with Crippen LogP contribution in [0.4, 0.5) is 10.5 Å². The number of aryl methyl sites for hydroxylation is 1. The Hall–Kier alpha value is -3.47. The third-order valence-corrected chi connectivity index (χ3v) is 5.47. The van der Waals surface area contributed by atoms with Crippen molar-refractivity contribution in [3.8, 4) is 0 Å². The molecule has 0 heterocycles. The zero-order valence-electron chi connectivity index (χ0n) is 15.6. The summed E-state index contributed by atoms with van der Waals surface area (Å²) in [5.41, 5.74) is 1.05. The second kappa shape index (κ2) is 8.69. The van der Waals surface area contributed by atoms with Gasteiger partial charge in [-0.2, -0.15) is 0 Å². The fraction of sp³-hybridized carbons (Fsp3) is 0.222. The number of benzene rings is 2. The van der Waals surface area contributed by atoms with E-state index in [-0.39, 0.29) is 17.1 Å². The van der Waals surface area contributed by atoms with E-state index in [9.17, 15) is 33.2 Å². The van der Waals surface area contributed by atoms with Crippen LogP contribution in [0.15, 0.2) is 53.4 Å². The van der Waals surface area contributed by atoms with Crippen molar-refractivity contribution in [3.63, 3.8) is 0 Å². The van der Waals surface area contributed by atoms with E-state index in [1.54, 1.807) is 19.1 Å². The van der Waals surface area contributed by atoms with Gasteiger partial charge < -0.3 is 10.0 Å². The quantitative estimate of drug-likeness (QED) is 0.515. The molecule has 29 heavy (non-hydrogen) atoms. The minimum Gasteiger partial charge on any atom is -0.480 e. The third kappa shape index (κ3) is 5.51. The van der Waals surface area contributed by atoms with Gasteiger partial charge in [-0.25, -0.2) is 22.7 Å². The highest BCUT2D eigenvalue weighted by molar-refractivity contribution is 7.90. The lowest BCUT2D eigenvalue weighted by molar-refractivity contribution is -0.384. The summed E-state index contributed by atoms with van der Waals surface area (Å²) in [5.74, 6) is -1.34. The van der Waals surface area contributed by atoms with E-state index in [0.717, 1.165) is 10.5 Å². The molecule has 2 rings (SSSR count). The summed E-state index contributed by atoms with van der Waals surface area (Å²) in [5, 5.41) is 20.0. The summed E-state index contributed by atoms with van der Waals surface area (Å²) in [6.07, 6.45) is 0. The Morgan fingerprint density at radius 1 is 1.14 bits per heavy atom. The van der Waals surface area contributed by atoms with Crippen LogP contribution < -0.4 is 4.72 Å². The molecule has 0 radical (unpaired) electrons. The van der Waals surface area contributed by atoms with Crippen LogP contribution in [0.25, 0.3) is 0 Å². The van der Waals surface area contributed by atoms with E-state index in [0.29, 0.717) is 5.56 Å². The first-order chi connectivity index (χ1) is 13.5. The fourth-order valence-corrected chi connectivity index (χ4v) is 3.35. The lowest BCUT2D eigenvalue weighted by Gasteiger charge is -2.26. The minimum absolute atomic E-state index is 0.144. The van der Waals surface area contributed by atoms with Crippen molar-refractivity contribution in [2.75, 3.05) is 0 Å². The molecule has 2 N–H and O–H groups in total. The zero-order chi connectivity index (χ0) is 21.8. The molecule has 10 nitrogen and oxygen atoms in total. The summed E-state index contributed by atoms with van der Waals surface area (Å²) < 4.78 is 26.7. The van der Waals surface area contributed by atoms with Gasteiger partial charge in [-0.1, -0.05) is 29.8 Å². The van der Waals surface area contributed by atoms with Gasteiger partial charge in [0.05, 0.1) is 9.82 Å². The van der Waals surface area contributed by atoms with E-state index in [1.807, 2.05) is 4.72 Å². The largest absolute Gasteiger partial charge is 0.480 e. The van der Waals surface area contributed by atoms with E-state index >= 15 is 0 Å². The van der Waals surface area contributed by atoms with Crippen molar-refractivity contribution in [1.29, 1.82) is 0 Å². The number of aliphatic carboxylic acids is 1. The average Bonchev–Trinajstić information content (AvgIpc) is 2.65. The Labute approximate surface area is 167 Å². The molecule has 154 valence electrons. The van der Waals surface area contributed by atoms with Crippen LogP contribution in [0, 0.1) is 17.0 Å². The molecule has 2 aromatic carbocycles. The lowest BCUT2D eigenvalue weighted by atomic mass is 10.1. The molecule has 0 aromatic heterocycles. The van der Waals surface area contributed by atoms with E-state index in [1.165, 1.54) is 43.3 Å². The maximum atomic E-state index is 12.6. The molecule has 0 bridgehead atoms. The molecule has 0 spiro atoms. The van der Waals surface area contributed by atoms with Gasteiger partial charge in [0.2, 0.25) is 0 Å². The number of nitro benzene ring substituents is 1. The van der Waals surface area contributed by atoms with Crippen molar-refractivity contribution >= 4 is 27.7 Å². The molecule has 0 aliphatic rings. The van der Waals surface area contributed by atoms with Crippen LogP contribution in [0.5, 0.6) is 0 Å². The van der Waals surface area contributed by atoms with Gasteiger partial charge in [0, 0.05) is 18.7 Å². The normalized spacial score (nSPS) is 12.1. The zero-order valence-corrected chi connectivity index (χ0v) is 16.4. The predicted octanol–water partition coefficient (Wildman–Crippen LogP) is 2.28. The number of carboxylic acid groups (broad SMARTS) is 1. The second-order valence-electron chi connectivity index (χ2n) is 6.29. The number of nitrogens with zero attached hydrogens (tertiary/aromatic N) is 2. The Bertz CT molecular complexity index is 1020. The summed E-state index contributed by atoms with van der Waals surface area (Å²) >= 11 is 0. The first-order valence-corrected chi connectivity index (χ1v) is 9.86. The average molecular weight is 421 g/mol. The molecular formula is C18H19N3O7S. The van der Waals surface area contributed by atoms with Gasteiger partial charge in [-0.3, -0.25) is 10.1 Å². The monoisotopic (exact) mass is 421 g/mol. The smallest absolute Gasteiger partial charge is 0.332 e. The number of amides is 2. The number of carbonyl (C=O) groups is 2. The maximum Gasteiger partial charge on any atom is 0.332 e. The van der Waals surface area contributed by atoms with Crippen LogP contribution in [0.2, 0.25) is 0 Å². The van der Waals surface area contributed by atoms with Crippen LogP contribution >= 0.6 is 0 Å². The van der Waals surface area contributed by atoms with Crippen molar-refractivity contribution < 1.29 is 28.0 Å². The number of sulfonamides is 1. The highest BCUT2D eigenvalue weighted by Crippen LogP contribution is 2.16. The van der Waals surface area contributed by atoms with Crippen molar-refractivity contribution in [2.24, 2.45) is 0 Å². The Morgan fingerprint density at radius 2 is 1.69 bits per heavy atom. The minimum atomic E-state index is -4.21. The summed E-state index contributed by atoms with van der Waals surface area (Å²) in [6.45, 7) is 2.74. The van der Waals surface area contributed by atoms with Gasteiger partial charge in [0.1, 0.15) is 6.04 Å². The first kappa shape index (κ1) is 21.8. The molecule has 2 amide bonds. The van der Waals surface area contributed by atoms with Crippen molar-refractivity contribution in [3.05, 3.63) is 69.8 Å². The summed E-state index contributed by atoms with van der Waals surface area (Å²) in [4.78, 5) is 34.8. The number of carbonyl (C=O) groups excluding carboxylic acids is 1. The van der Waals surface area contributed by atoms with E-state index in [4.69, 9.17) is 0 Å². The number of carboxylic acids is 1. The molecule has 0 unspecified atom stereocenters. The number of nitro groups is 1.